The quantitative estimate of drug-likeness (QED) is 0.685. The van der Waals surface area contributed by atoms with Gasteiger partial charge in [-0.25, -0.2) is 4.68 Å². The van der Waals surface area contributed by atoms with Crippen LogP contribution in [0.2, 0.25) is 0 Å². The molecule has 0 saturated carbocycles. The highest BCUT2D eigenvalue weighted by atomic mass is 16.5. The Bertz CT molecular complexity index is 1090. The normalized spacial score (nSPS) is 21.5. The number of allylic oxidation sites excluding steroid dienone is 3. The van der Waals surface area contributed by atoms with Crippen LogP contribution in [0.25, 0.3) is 6.08 Å². The highest BCUT2D eigenvalue weighted by Crippen LogP contribution is 2.28. The SMILES string of the molecule is CC.CN=C1/C=C(\C)C/C=C/c2c(OC)nn(CC(C)O)c2CN(C)CC(C)Oc2c1c(C)nn2C. The number of rotatable bonds is 3. The van der Waals surface area contributed by atoms with Crippen molar-refractivity contribution in [2.24, 2.45) is 12.0 Å². The van der Waals surface area contributed by atoms with Crippen LogP contribution in [0.15, 0.2) is 22.7 Å². The summed E-state index contributed by atoms with van der Waals surface area (Å²) in [7, 11) is 7.37. The number of likely N-dealkylation sites (N-methyl/N-ethyl adjacent to an activating group) is 1. The molecule has 0 radical (unpaired) electrons. The number of methoxy groups -OCH3 is 1. The minimum absolute atomic E-state index is 0.0964. The smallest absolute Gasteiger partial charge is 0.240 e. The molecule has 36 heavy (non-hydrogen) atoms. The number of nitrogens with zero attached hydrogens (tertiary/aromatic N) is 6. The molecular formula is C27H44N6O3. The van der Waals surface area contributed by atoms with Crippen molar-refractivity contribution in [3.8, 4) is 11.8 Å². The first-order valence-corrected chi connectivity index (χ1v) is 12.7. The molecule has 9 nitrogen and oxygen atoms in total. The number of aliphatic imine (C=N–C) groups is 1. The van der Waals surface area contributed by atoms with Crippen molar-refractivity contribution in [2.45, 2.75) is 73.3 Å². The number of aryl methyl sites for hydroxylation is 2. The molecule has 2 atom stereocenters. The van der Waals surface area contributed by atoms with Crippen molar-refractivity contribution in [3.63, 3.8) is 0 Å². The third-order valence-corrected chi connectivity index (χ3v) is 5.77. The Kier molecular flexibility index (Phi) is 10.9. The molecule has 1 aliphatic rings. The number of aromatic nitrogens is 4. The van der Waals surface area contributed by atoms with E-state index >= 15 is 0 Å². The van der Waals surface area contributed by atoms with Crippen molar-refractivity contribution in [2.75, 3.05) is 27.7 Å². The Balaban J connectivity index is 0.00000222. The fraction of sp³-hybridized carbons (Fsp3) is 0.593. The van der Waals surface area contributed by atoms with Gasteiger partial charge in [-0.15, -0.1) is 5.10 Å². The zero-order valence-corrected chi connectivity index (χ0v) is 23.7. The van der Waals surface area contributed by atoms with Crippen molar-refractivity contribution in [1.29, 1.82) is 0 Å². The molecule has 0 aromatic carbocycles. The Morgan fingerprint density at radius 1 is 1.25 bits per heavy atom. The summed E-state index contributed by atoms with van der Waals surface area (Å²) in [5, 5.41) is 19.2. The molecule has 1 N–H and O–H groups in total. The maximum atomic E-state index is 10.0. The number of fused-ring (bicyclic) bond motifs is 2. The van der Waals surface area contributed by atoms with Gasteiger partial charge < -0.3 is 14.6 Å². The average molecular weight is 501 g/mol. The van der Waals surface area contributed by atoms with Crippen LogP contribution in [0.4, 0.5) is 0 Å². The number of aliphatic hydroxyl groups excluding tert-OH is 1. The van der Waals surface area contributed by atoms with Crippen LogP contribution in [0, 0.1) is 6.92 Å². The molecule has 3 heterocycles. The third kappa shape index (κ3) is 7.07. The molecule has 0 bridgehead atoms. The molecular weight excluding hydrogens is 456 g/mol. The molecule has 2 aromatic heterocycles. The highest BCUT2D eigenvalue weighted by molar-refractivity contribution is 6.11. The predicted octanol–water partition coefficient (Wildman–Crippen LogP) is 4.02. The van der Waals surface area contributed by atoms with Crippen LogP contribution >= 0.6 is 0 Å². The van der Waals surface area contributed by atoms with Crippen LogP contribution in [-0.4, -0.2) is 75.2 Å². The fourth-order valence-corrected chi connectivity index (χ4v) is 4.33. The van der Waals surface area contributed by atoms with Gasteiger partial charge in [-0.05, 0) is 47.2 Å². The maximum absolute atomic E-state index is 10.0. The average Bonchev–Trinajstić information content (AvgIpc) is 3.27. The van der Waals surface area contributed by atoms with Crippen molar-refractivity contribution >= 4 is 11.8 Å². The maximum Gasteiger partial charge on any atom is 0.240 e. The molecule has 9 heteroatoms. The first-order valence-electron chi connectivity index (χ1n) is 12.7. The Morgan fingerprint density at radius 3 is 2.56 bits per heavy atom. The molecule has 0 fully saturated rings. The molecule has 200 valence electrons. The summed E-state index contributed by atoms with van der Waals surface area (Å²) >= 11 is 0. The lowest BCUT2D eigenvalue weighted by Crippen LogP contribution is -2.32. The van der Waals surface area contributed by atoms with Gasteiger partial charge in [-0.2, -0.15) is 5.10 Å². The van der Waals surface area contributed by atoms with Gasteiger partial charge in [-0.3, -0.25) is 14.6 Å². The van der Waals surface area contributed by atoms with Gasteiger partial charge in [0.05, 0.1) is 48.0 Å². The van der Waals surface area contributed by atoms with Gasteiger partial charge >= 0.3 is 0 Å². The van der Waals surface area contributed by atoms with Gasteiger partial charge in [0, 0.05) is 27.2 Å². The second-order valence-corrected chi connectivity index (χ2v) is 9.12. The van der Waals surface area contributed by atoms with E-state index in [4.69, 9.17) is 9.47 Å². The Hall–Kier alpha value is -2.91. The van der Waals surface area contributed by atoms with Crippen LogP contribution in [0.1, 0.15) is 63.6 Å². The lowest BCUT2D eigenvalue weighted by Gasteiger charge is -2.23. The zero-order valence-electron chi connectivity index (χ0n) is 23.7. The van der Waals surface area contributed by atoms with Gasteiger partial charge in [0.15, 0.2) is 0 Å². The topological polar surface area (TPSA) is 89.9 Å². The van der Waals surface area contributed by atoms with E-state index in [2.05, 4.69) is 59.2 Å². The third-order valence-electron chi connectivity index (χ3n) is 5.77. The van der Waals surface area contributed by atoms with E-state index in [0.29, 0.717) is 25.5 Å². The van der Waals surface area contributed by atoms with Crippen molar-refractivity contribution in [1.82, 2.24) is 24.5 Å². The summed E-state index contributed by atoms with van der Waals surface area (Å²) < 4.78 is 15.6. The molecule has 0 amide bonds. The van der Waals surface area contributed by atoms with E-state index < -0.39 is 6.10 Å². The first-order chi connectivity index (χ1) is 17.1. The summed E-state index contributed by atoms with van der Waals surface area (Å²) in [4.78, 5) is 6.74. The van der Waals surface area contributed by atoms with Gasteiger partial charge in [0.1, 0.15) is 6.10 Å². The van der Waals surface area contributed by atoms with Crippen LogP contribution in [-0.2, 0) is 20.1 Å². The van der Waals surface area contributed by atoms with Gasteiger partial charge in [0.2, 0.25) is 11.8 Å². The fourth-order valence-electron chi connectivity index (χ4n) is 4.33. The standard InChI is InChI=1S/C25H38N6O3.C2H6/c1-16-10-9-11-20-22(31(13-17(2)32)28-24(20)33-8)15-29(6)14-18(3)34-25-23(21(12-16)26-5)19(4)27-30(25)7;1-2/h9,11-12,17-18,32H,10,13-15H2,1-8H3;1-2H3/b11-9+,16-12+,26-21?;. The van der Waals surface area contributed by atoms with Gasteiger partial charge in [-0.1, -0.05) is 31.6 Å². The summed E-state index contributed by atoms with van der Waals surface area (Å²) in [6, 6.07) is 0. The molecule has 0 saturated heterocycles. The second kappa shape index (κ2) is 13.4. The Morgan fingerprint density at radius 2 is 1.94 bits per heavy atom. The van der Waals surface area contributed by atoms with E-state index in [1.54, 1.807) is 25.8 Å². The van der Waals surface area contributed by atoms with E-state index in [-0.39, 0.29) is 6.10 Å². The molecule has 0 spiro atoms. The highest BCUT2D eigenvalue weighted by Gasteiger charge is 2.23. The lowest BCUT2D eigenvalue weighted by atomic mass is 10.1. The Labute approximate surface area is 216 Å². The van der Waals surface area contributed by atoms with Crippen LogP contribution in [0.3, 0.4) is 0 Å². The zero-order chi connectivity index (χ0) is 27.0. The summed E-state index contributed by atoms with van der Waals surface area (Å²) in [6.07, 6.45) is 6.39. The van der Waals surface area contributed by atoms with E-state index in [0.717, 1.165) is 46.1 Å². The number of hydrogen-bond donors (Lipinski definition) is 1. The predicted molar refractivity (Wildman–Crippen MR) is 146 cm³/mol. The van der Waals surface area contributed by atoms with Crippen molar-refractivity contribution in [3.05, 3.63) is 40.2 Å². The molecule has 2 unspecified atom stereocenters. The minimum Gasteiger partial charge on any atom is -0.480 e. The monoisotopic (exact) mass is 500 g/mol. The summed E-state index contributed by atoms with van der Waals surface area (Å²) in [6.45, 7) is 13.6. The number of aliphatic hydroxyl groups is 1. The summed E-state index contributed by atoms with van der Waals surface area (Å²) in [5.74, 6) is 1.27. The molecule has 2 aromatic rings. The first kappa shape index (κ1) is 29.3. The van der Waals surface area contributed by atoms with Crippen molar-refractivity contribution < 1.29 is 14.6 Å². The van der Waals surface area contributed by atoms with E-state index in [1.165, 1.54) is 0 Å². The number of ether oxygens (including phenoxy) is 2. The van der Waals surface area contributed by atoms with Gasteiger partial charge in [0.25, 0.3) is 0 Å². The lowest BCUT2D eigenvalue weighted by molar-refractivity contribution is 0.142. The molecule has 0 aliphatic carbocycles. The van der Waals surface area contributed by atoms with E-state index in [1.807, 2.05) is 32.5 Å². The largest absolute Gasteiger partial charge is 0.480 e. The minimum atomic E-state index is -0.523. The summed E-state index contributed by atoms with van der Waals surface area (Å²) in [5.41, 5.74) is 5.74. The van der Waals surface area contributed by atoms with Crippen LogP contribution < -0.4 is 9.47 Å². The molecule has 3 rings (SSSR count). The molecule has 1 aliphatic heterocycles. The number of hydrogen-bond acceptors (Lipinski definition) is 7. The second-order valence-electron chi connectivity index (χ2n) is 9.12. The van der Waals surface area contributed by atoms with E-state index in [9.17, 15) is 5.11 Å². The van der Waals surface area contributed by atoms with Crippen LogP contribution in [0.5, 0.6) is 11.8 Å².